The van der Waals surface area contributed by atoms with Gasteiger partial charge in [-0.25, -0.2) is 18.3 Å². The summed E-state index contributed by atoms with van der Waals surface area (Å²) in [4.78, 5) is 17.2. The maximum absolute atomic E-state index is 13.3. The number of nitrogens with one attached hydrogen (secondary N) is 1. The summed E-state index contributed by atoms with van der Waals surface area (Å²) in [6.45, 7) is 1.65. The summed E-state index contributed by atoms with van der Waals surface area (Å²) in [7, 11) is 0. The maximum atomic E-state index is 13.3. The van der Waals surface area contributed by atoms with Crippen LogP contribution in [0, 0.1) is 30.6 Å². The van der Waals surface area contributed by atoms with Gasteiger partial charge in [0.1, 0.15) is 11.3 Å². The summed E-state index contributed by atoms with van der Waals surface area (Å²) < 4.78 is 27.6. The Kier molecular flexibility index (Phi) is 3.56. The minimum absolute atomic E-state index is 0.199. The zero-order valence-corrected chi connectivity index (χ0v) is 14.7. The van der Waals surface area contributed by atoms with Gasteiger partial charge in [-0.3, -0.25) is 4.79 Å². The zero-order chi connectivity index (χ0) is 18.0. The largest absolute Gasteiger partial charge is 0.349 e. The first-order valence-corrected chi connectivity index (χ1v) is 9.44. The van der Waals surface area contributed by atoms with Crippen LogP contribution in [-0.2, 0) is 0 Å². The van der Waals surface area contributed by atoms with E-state index < -0.39 is 6.43 Å². The molecule has 1 N–H and O–H groups in total. The second-order valence-electron chi connectivity index (χ2n) is 8.35. The molecule has 0 aliphatic heterocycles. The number of amides is 1. The molecule has 4 bridgehead atoms. The Hall–Kier alpha value is -2.05. The number of fused-ring (bicyclic) bond motifs is 1. The molecule has 0 atom stereocenters. The first-order valence-electron chi connectivity index (χ1n) is 9.44. The van der Waals surface area contributed by atoms with Crippen molar-refractivity contribution in [2.24, 2.45) is 23.7 Å². The van der Waals surface area contributed by atoms with E-state index in [1.54, 1.807) is 6.92 Å². The summed E-state index contributed by atoms with van der Waals surface area (Å²) in [5, 5.41) is 7.20. The van der Waals surface area contributed by atoms with Gasteiger partial charge in [0.25, 0.3) is 12.3 Å². The van der Waals surface area contributed by atoms with E-state index >= 15 is 0 Å². The fraction of sp³-hybridized carbons (Fsp3) is 0.632. The molecule has 2 heterocycles. The van der Waals surface area contributed by atoms with Gasteiger partial charge < -0.3 is 5.32 Å². The van der Waals surface area contributed by atoms with Gasteiger partial charge in [0.05, 0.1) is 6.20 Å². The lowest BCUT2D eigenvalue weighted by atomic mass is 9.54. The van der Waals surface area contributed by atoms with Gasteiger partial charge >= 0.3 is 0 Å². The number of nitrogens with zero attached hydrogens (tertiary/aromatic N) is 3. The standard InChI is InChI=1S/C19H22F2N4O/c1-9-2-15(17(20)21)25-18(23-9)14(8-22-25)19(26)24-16-12-4-10-3-11(6-12)7-13(16)5-10/h2,8,10-13,16-17H,3-7H2,1H3,(H,24,26). The van der Waals surface area contributed by atoms with Crippen molar-refractivity contribution in [2.45, 2.75) is 51.5 Å². The SMILES string of the molecule is Cc1cc(C(F)F)n2ncc(C(=O)NC3C4CC5CC(C4)CC3C5)c2n1. The van der Waals surface area contributed by atoms with Crippen LogP contribution < -0.4 is 5.32 Å². The highest BCUT2D eigenvalue weighted by atomic mass is 19.3. The number of aromatic nitrogens is 3. The van der Waals surface area contributed by atoms with Crippen molar-refractivity contribution in [3.8, 4) is 0 Å². The van der Waals surface area contributed by atoms with Crippen LogP contribution in [0.3, 0.4) is 0 Å². The monoisotopic (exact) mass is 360 g/mol. The fourth-order valence-corrected chi connectivity index (χ4v) is 5.82. The van der Waals surface area contributed by atoms with Crippen LogP contribution in [0.4, 0.5) is 8.78 Å². The summed E-state index contributed by atoms with van der Waals surface area (Å²) >= 11 is 0. The van der Waals surface area contributed by atoms with Gasteiger partial charge in [-0.2, -0.15) is 5.10 Å². The van der Waals surface area contributed by atoms with Crippen LogP contribution in [0.1, 0.15) is 60.3 Å². The first-order chi connectivity index (χ1) is 12.5. The third kappa shape index (κ3) is 2.43. The van der Waals surface area contributed by atoms with Crippen LogP contribution in [0.2, 0.25) is 0 Å². The Morgan fingerprint density at radius 2 is 1.85 bits per heavy atom. The van der Waals surface area contributed by atoms with Gasteiger partial charge in [0.2, 0.25) is 0 Å². The molecule has 138 valence electrons. The van der Waals surface area contributed by atoms with Crippen molar-refractivity contribution >= 4 is 11.6 Å². The molecule has 0 unspecified atom stereocenters. The second-order valence-corrected chi connectivity index (χ2v) is 8.35. The van der Waals surface area contributed by atoms with Crippen LogP contribution in [0.5, 0.6) is 0 Å². The van der Waals surface area contributed by atoms with Crippen molar-refractivity contribution < 1.29 is 13.6 Å². The molecule has 6 rings (SSSR count). The van der Waals surface area contributed by atoms with Crippen LogP contribution in [-0.4, -0.2) is 26.5 Å². The van der Waals surface area contributed by atoms with E-state index in [0.29, 0.717) is 17.5 Å². The van der Waals surface area contributed by atoms with Crippen LogP contribution in [0.25, 0.3) is 5.65 Å². The Labute approximate surface area is 150 Å². The van der Waals surface area contributed by atoms with Gasteiger partial charge in [0.15, 0.2) is 5.65 Å². The molecule has 0 spiro atoms. The van der Waals surface area contributed by atoms with E-state index in [1.165, 1.54) is 44.4 Å². The lowest BCUT2D eigenvalue weighted by Crippen LogP contribution is -2.55. The molecule has 4 aliphatic rings. The molecule has 0 saturated heterocycles. The number of carbonyl (C=O) groups is 1. The number of halogens is 2. The Morgan fingerprint density at radius 1 is 1.19 bits per heavy atom. The first kappa shape index (κ1) is 16.1. The molecule has 2 aromatic heterocycles. The molecule has 7 heteroatoms. The van der Waals surface area contributed by atoms with Crippen LogP contribution in [0.15, 0.2) is 12.3 Å². The van der Waals surface area contributed by atoms with Crippen molar-refractivity contribution in [3.05, 3.63) is 29.2 Å². The van der Waals surface area contributed by atoms with Gasteiger partial charge in [0, 0.05) is 11.7 Å². The molecule has 5 nitrogen and oxygen atoms in total. The van der Waals surface area contributed by atoms with E-state index in [-0.39, 0.29) is 28.9 Å². The molecule has 4 fully saturated rings. The average molecular weight is 360 g/mol. The molecule has 0 aromatic carbocycles. The van der Waals surface area contributed by atoms with Crippen LogP contribution >= 0.6 is 0 Å². The normalized spacial score (nSPS) is 32.5. The van der Waals surface area contributed by atoms with E-state index in [2.05, 4.69) is 15.4 Å². The molecular weight excluding hydrogens is 338 g/mol. The van der Waals surface area contributed by atoms with E-state index in [0.717, 1.165) is 16.4 Å². The third-order valence-corrected chi connectivity index (χ3v) is 6.62. The Morgan fingerprint density at radius 3 is 2.46 bits per heavy atom. The number of carbonyl (C=O) groups excluding carboxylic acids is 1. The number of rotatable bonds is 3. The predicted molar refractivity (Wildman–Crippen MR) is 91.0 cm³/mol. The number of aryl methyl sites for hydroxylation is 1. The summed E-state index contributed by atoms with van der Waals surface area (Å²) in [5.41, 5.74) is 0.712. The van der Waals surface area contributed by atoms with Crippen molar-refractivity contribution in [3.63, 3.8) is 0 Å². The maximum Gasteiger partial charge on any atom is 0.280 e. The highest BCUT2D eigenvalue weighted by Gasteiger charge is 2.48. The Bertz CT molecular complexity index is 850. The van der Waals surface area contributed by atoms with Crippen molar-refractivity contribution in [1.29, 1.82) is 0 Å². The van der Waals surface area contributed by atoms with Crippen molar-refractivity contribution in [1.82, 2.24) is 19.9 Å². The average Bonchev–Trinajstić information content (AvgIpc) is 3.00. The smallest absolute Gasteiger partial charge is 0.280 e. The molecule has 2 aromatic rings. The summed E-state index contributed by atoms with van der Waals surface area (Å²) in [6, 6.07) is 1.51. The molecule has 0 radical (unpaired) electrons. The highest BCUT2D eigenvalue weighted by molar-refractivity contribution is 5.99. The quantitative estimate of drug-likeness (QED) is 0.911. The molecule has 4 saturated carbocycles. The lowest BCUT2D eigenvalue weighted by Gasteiger charge is -2.54. The molecule has 26 heavy (non-hydrogen) atoms. The van der Waals surface area contributed by atoms with Gasteiger partial charge in [-0.05, 0) is 68.8 Å². The highest BCUT2D eigenvalue weighted by Crippen LogP contribution is 2.53. The summed E-state index contributed by atoms with van der Waals surface area (Å²) in [5.74, 6) is 2.54. The number of hydrogen-bond donors (Lipinski definition) is 1. The topological polar surface area (TPSA) is 59.3 Å². The summed E-state index contributed by atoms with van der Waals surface area (Å²) in [6.07, 6.45) is 4.89. The lowest BCUT2D eigenvalue weighted by molar-refractivity contribution is -0.0119. The zero-order valence-electron chi connectivity index (χ0n) is 14.7. The third-order valence-electron chi connectivity index (χ3n) is 6.62. The molecule has 1 amide bonds. The van der Waals surface area contributed by atoms with Crippen molar-refractivity contribution in [2.75, 3.05) is 0 Å². The Balaban J connectivity index is 1.44. The number of alkyl halides is 2. The van der Waals surface area contributed by atoms with E-state index in [4.69, 9.17) is 0 Å². The van der Waals surface area contributed by atoms with E-state index in [1.807, 2.05) is 0 Å². The second kappa shape index (κ2) is 5.72. The van der Waals surface area contributed by atoms with E-state index in [9.17, 15) is 13.6 Å². The molecular formula is C19H22F2N4O. The minimum Gasteiger partial charge on any atom is -0.349 e. The fourth-order valence-electron chi connectivity index (χ4n) is 5.82. The predicted octanol–water partition coefficient (Wildman–Crippen LogP) is 3.53. The molecule has 4 aliphatic carbocycles. The van der Waals surface area contributed by atoms with Gasteiger partial charge in [-0.15, -0.1) is 0 Å². The van der Waals surface area contributed by atoms with Gasteiger partial charge in [-0.1, -0.05) is 0 Å². The number of hydrogen-bond acceptors (Lipinski definition) is 3. The minimum atomic E-state index is -2.67.